The molecule has 1 amide bonds. The van der Waals surface area contributed by atoms with Gasteiger partial charge in [-0.05, 0) is 41.8 Å². The van der Waals surface area contributed by atoms with Gasteiger partial charge >= 0.3 is 0 Å². The summed E-state index contributed by atoms with van der Waals surface area (Å²) in [5, 5.41) is 0. The van der Waals surface area contributed by atoms with Gasteiger partial charge in [0.25, 0.3) is 5.91 Å². The first-order chi connectivity index (χ1) is 11.2. The Labute approximate surface area is 134 Å². The number of fused-ring (bicyclic) bond motifs is 4. The van der Waals surface area contributed by atoms with E-state index in [1.807, 2.05) is 41.3 Å². The summed E-state index contributed by atoms with van der Waals surface area (Å²) in [6, 6.07) is 11.8. The highest BCUT2D eigenvalue weighted by Crippen LogP contribution is 2.39. The summed E-state index contributed by atoms with van der Waals surface area (Å²) in [5.74, 6) is 1.51. The van der Waals surface area contributed by atoms with Crippen LogP contribution in [0.1, 0.15) is 27.0 Å². The van der Waals surface area contributed by atoms with E-state index >= 15 is 0 Å². The fourth-order valence-electron chi connectivity index (χ4n) is 3.34. The Bertz CT molecular complexity index is 839. The van der Waals surface area contributed by atoms with Crippen LogP contribution < -0.4 is 9.47 Å². The van der Waals surface area contributed by atoms with E-state index in [9.17, 15) is 4.79 Å². The van der Waals surface area contributed by atoms with Crippen LogP contribution in [0.4, 0.5) is 0 Å². The summed E-state index contributed by atoms with van der Waals surface area (Å²) in [7, 11) is 3.27. The Hall–Kier alpha value is -2.75. The van der Waals surface area contributed by atoms with Crippen LogP contribution >= 0.6 is 0 Å². The van der Waals surface area contributed by atoms with Crippen LogP contribution in [0.2, 0.25) is 0 Å². The average Bonchev–Trinajstić information content (AvgIpc) is 2.74. The molecule has 0 atom stereocenters. The van der Waals surface area contributed by atoms with Crippen molar-refractivity contribution in [2.45, 2.75) is 6.42 Å². The van der Waals surface area contributed by atoms with Crippen LogP contribution in [0.15, 0.2) is 36.4 Å². The number of ether oxygens (including phenoxy) is 2. The van der Waals surface area contributed by atoms with Crippen molar-refractivity contribution < 1.29 is 14.3 Å². The summed E-state index contributed by atoms with van der Waals surface area (Å²) in [6.45, 7) is 0.668. The second kappa shape index (κ2) is 5.16. The number of nitrogens with zero attached hydrogens (tertiary/aromatic N) is 1. The lowest BCUT2D eigenvalue weighted by Gasteiger charge is -2.15. The van der Waals surface area contributed by atoms with Crippen molar-refractivity contribution in [1.29, 1.82) is 0 Å². The largest absolute Gasteiger partial charge is 0.493 e. The van der Waals surface area contributed by atoms with Crippen LogP contribution in [0.3, 0.4) is 0 Å². The van der Waals surface area contributed by atoms with Crippen molar-refractivity contribution in [3.8, 4) is 11.5 Å². The van der Waals surface area contributed by atoms with Gasteiger partial charge in [-0.25, -0.2) is 0 Å². The maximum absolute atomic E-state index is 12.6. The lowest BCUT2D eigenvalue weighted by atomic mass is 10.0. The van der Waals surface area contributed by atoms with Gasteiger partial charge in [0.1, 0.15) is 0 Å². The molecule has 4 nitrogen and oxygen atoms in total. The van der Waals surface area contributed by atoms with Crippen molar-refractivity contribution in [2.75, 3.05) is 20.8 Å². The third-order valence-corrected chi connectivity index (χ3v) is 4.51. The minimum absolute atomic E-state index is 0.0820. The molecule has 0 radical (unpaired) electrons. The van der Waals surface area contributed by atoms with E-state index in [0.717, 1.165) is 40.1 Å². The first-order valence-corrected chi connectivity index (χ1v) is 7.61. The molecule has 0 fully saturated rings. The van der Waals surface area contributed by atoms with E-state index in [1.54, 1.807) is 14.2 Å². The van der Waals surface area contributed by atoms with Gasteiger partial charge in [0.2, 0.25) is 0 Å². The molecule has 0 saturated heterocycles. The molecule has 0 bridgehead atoms. The summed E-state index contributed by atoms with van der Waals surface area (Å²) in [5.41, 5.74) is 4.99. The molecule has 0 spiro atoms. The summed E-state index contributed by atoms with van der Waals surface area (Å²) in [6.07, 6.45) is 2.86. The number of rotatable bonds is 2. The number of carbonyl (C=O) groups excluding carboxylic acids is 1. The second-order valence-corrected chi connectivity index (χ2v) is 5.69. The quantitative estimate of drug-likeness (QED) is 0.855. The highest BCUT2D eigenvalue weighted by molar-refractivity contribution is 6.12. The van der Waals surface area contributed by atoms with E-state index in [2.05, 4.69) is 6.08 Å². The number of hydrogen-bond acceptors (Lipinski definition) is 3. The van der Waals surface area contributed by atoms with Gasteiger partial charge in [-0.1, -0.05) is 18.2 Å². The predicted octanol–water partition coefficient (Wildman–Crippen LogP) is 3.21. The van der Waals surface area contributed by atoms with Gasteiger partial charge in [-0.2, -0.15) is 0 Å². The third-order valence-electron chi connectivity index (χ3n) is 4.51. The Morgan fingerprint density at radius 2 is 1.70 bits per heavy atom. The molecule has 0 saturated carbocycles. The number of hydrogen-bond donors (Lipinski definition) is 0. The molecule has 116 valence electrons. The molecule has 2 aromatic carbocycles. The fourth-order valence-corrected chi connectivity index (χ4v) is 3.34. The zero-order valence-electron chi connectivity index (χ0n) is 13.1. The van der Waals surface area contributed by atoms with Crippen LogP contribution in [0, 0.1) is 0 Å². The van der Waals surface area contributed by atoms with E-state index in [4.69, 9.17) is 9.47 Å². The Morgan fingerprint density at radius 3 is 2.43 bits per heavy atom. The van der Waals surface area contributed by atoms with Gasteiger partial charge in [0.05, 0.1) is 19.9 Å². The molecule has 2 heterocycles. The van der Waals surface area contributed by atoms with E-state index in [-0.39, 0.29) is 5.91 Å². The molecule has 2 aliphatic heterocycles. The molecule has 23 heavy (non-hydrogen) atoms. The number of benzene rings is 2. The van der Waals surface area contributed by atoms with Crippen molar-refractivity contribution in [3.63, 3.8) is 0 Å². The number of amides is 1. The van der Waals surface area contributed by atoms with Gasteiger partial charge in [-0.15, -0.1) is 0 Å². The summed E-state index contributed by atoms with van der Waals surface area (Å²) in [4.78, 5) is 14.5. The van der Waals surface area contributed by atoms with Crippen LogP contribution in [-0.4, -0.2) is 31.6 Å². The zero-order valence-corrected chi connectivity index (χ0v) is 13.1. The molecule has 2 aromatic rings. The molecule has 0 N–H and O–H groups in total. The molecule has 0 aromatic heterocycles. The normalized spacial score (nSPS) is 15.3. The van der Waals surface area contributed by atoms with Gasteiger partial charge in [0, 0.05) is 17.7 Å². The van der Waals surface area contributed by atoms with Gasteiger partial charge < -0.3 is 14.4 Å². The Balaban J connectivity index is 1.90. The fraction of sp³-hybridized carbons (Fsp3) is 0.211. The molecule has 2 aliphatic rings. The van der Waals surface area contributed by atoms with Gasteiger partial charge in [0.15, 0.2) is 11.5 Å². The predicted molar refractivity (Wildman–Crippen MR) is 88.6 cm³/mol. The minimum atomic E-state index is 0.0820. The lowest BCUT2D eigenvalue weighted by molar-refractivity contribution is 0.0852. The van der Waals surface area contributed by atoms with Crippen molar-refractivity contribution in [3.05, 3.63) is 58.7 Å². The van der Waals surface area contributed by atoms with Crippen LogP contribution in [-0.2, 0) is 6.42 Å². The van der Waals surface area contributed by atoms with E-state index < -0.39 is 0 Å². The smallest absolute Gasteiger partial charge is 0.258 e. The number of carbonyl (C=O) groups is 1. The summed E-state index contributed by atoms with van der Waals surface area (Å²) < 4.78 is 10.8. The molecule has 0 aliphatic carbocycles. The van der Waals surface area contributed by atoms with Gasteiger partial charge in [-0.3, -0.25) is 4.79 Å². The van der Waals surface area contributed by atoms with E-state index in [0.29, 0.717) is 12.3 Å². The molecular weight excluding hydrogens is 290 g/mol. The average molecular weight is 307 g/mol. The van der Waals surface area contributed by atoms with Crippen LogP contribution in [0.5, 0.6) is 11.5 Å². The first kappa shape index (κ1) is 13.9. The Morgan fingerprint density at radius 1 is 1.00 bits per heavy atom. The van der Waals surface area contributed by atoms with E-state index in [1.165, 1.54) is 0 Å². The monoisotopic (exact) mass is 307 g/mol. The first-order valence-electron chi connectivity index (χ1n) is 7.61. The Kier molecular flexibility index (Phi) is 3.11. The maximum atomic E-state index is 12.6. The van der Waals surface area contributed by atoms with Crippen molar-refractivity contribution >= 4 is 17.7 Å². The molecule has 4 heteroatoms. The summed E-state index contributed by atoms with van der Waals surface area (Å²) >= 11 is 0. The van der Waals surface area contributed by atoms with Crippen molar-refractivity contribution in [1.82, 2.24) is 4.90 Å². The van der Waals surface area contributed by atoms with Crippen molar-refractivity contribution in [2.24, 2.45) is 0 Å². The lowest BCUT2D eigenvalue weighted by Crippen LogP contribution is -2.24. The zero-order chi connectivity index (χ0) is 16.0. The highest BCUT2D eigenvalue weighted by Gasteiger charge is 2.33. The highest BCUT2D eigenvalue weighted by atomic mass is 16.5. The molecule has 4 rings (SSSR count). The second-order valence-electron chi connectivity index (χ2n) is 5.69. The topological polar surface area (TPSA) is 38.8 Å². The number of methoxy groups -OCH3 is 2. The standard InChI is InChI=1S/C19H17NO3/c1-22-17-10-12-7-8-20-16(9-13(12)11-18(17)23-2)14-5-3-4-6-15(14)19(20)21/h3-6,9-11H,7-8H2,1-2H3. The minimum Gasteiger partial charge on any atom is -0.493 e. The SMILES string of the molecule is COc1cc2c(cc1OC)CCN1C(=O)c3ccccc3C1=C2. The molecule has 0 unspecified atom stereocenters. The molecular formula is C19H17NO3. The maximum Gasteiger partial charge on any atom is 0.258 e. The van der Waals surface area contributed by atoms with Crippen LogP contribution in [0.25, 0.3) is 11.8 Å². The third kappa shape index (κ3) is 2.02.